The van der Waals surface area contributed by atoms with Crippen LogP contribution in [0.15, 0.2) is 59.6 Å². The van der Waals surface area contributed by atoms with Gasteiger partial charge in [0.2, 0.25) is 5.90 Å². The van der Waals surface area contributed by atoms with Gasteiger partial charge in [0.15, 0.2) is 5.60 Å². The summed E-state index contributed by atoms with van der Waals surface area (Å²) in [4.78, 5) is 4.63. The second kappa shape index (κ2) is 6.30. The second-order valence-electron chi connectivity index (χ2n) is 5.41. The van der Waals surface area contributed by atoms with Crippen LogP contribution in [0.2, 0.25) is 0 Å². The van der Waals surface area contributed by atoms with Crippen molar-refractivity contribution in [2.24, 2.45) is 4.99 Å². The Morgan fingerprint density at radius 1 is 1.09 bits per heavy atom. The minimum Gasteiger partial charge on any atom is -0.463 e. The smallest absolute Gasteiger partial charge is 0.222 e. The molecule has 1 atom stereocenters. The van der Waals surface area contributed by atoms with Gasteiger partial charge in [0.05, 0.1) is 25.5 Å². The van der Waals surface area contributed by atoms with Crippen molar-refractivity contribution < 1.29 is 14.6 Å². The van der Waals surface area contributed by atoms with E-state index >= 15 is 0 Å². The van der Waals surface area contributed by atoms with Gasteiger partial charge in [-0.25, -0.2) is 4.99 Å². The average Bonchev–Trinajstić information content (AvgIpc) is 2.56. The molecule has 1 heterocycles. The van der Waals surface area contributed by atoms with Gasteiger partial charge in [-0.3, -0.25) is 0 Å². The Hall–Kier alpha value is -2.17. The number of rotatable bonds is 5. The Balaban J connectivity index is 1.98. The first-order valence-electron chi connectivity index (χ1n) is 7.34. The van der Waals surface area contributed by atoms with Crippen molar-refractivity contribution in [1.82, 2.24) is 0 Å². The first-order chi connectivity index (χ1) is 10.7. The van der Waals surface area contributed by atoms with Crippen LogP contribution in [0.1, 0.15) is 18.1 Å². The molecule has 0 amide bonds. The molecular weight excluding hydrogens is 278 g/mol. The van der Waals surface area contributed by atoms with E-state index < -0.39 is 5.60 Å². The molecule has 1 unspecified atom stereocenters. The highest BCUT2D eigenvalue weighted by atomic mass is 16.6. The number of aliphatic hydroxyl groups is 1. The second-order valence-corrected chi connectivity index (χ2v) is 5.41. The van der Waals surface area contributed by atoms with Crippen molar-refractivity contribution in [3.05, 3.63) is 65.7 Å². The summed E-state index contributed by atoms with van der Waals surface area (Å²) in [5.41, 5.74) is 2.19. The van der Waals surface area contributed by atoms with Crippen LogP contribution in [-0.4, -0.2) is 30.8 Å². The summed E-state index contributed by atoms with van der Waals surface area (Å²) >= 11 is 0. The number of hydrogen-bond acceptors (Lipinski definition) is 4. The lowest BCUT2D eigenvalue weighted by atomic mass is 9.93. The molecule has 0 saturated carbocycles. The van der Waals surface area contributed by atoms with Crippen LogP contribution in [0.25, 0.3) is 0 Å². The van der Waals surface area contributed by atoms with Gasteiger partial charge >= 0.3 is 0 Å². The molecule has 0 fully saturated rings. The number of benzene rings is 2. The molecule has 4 heteroatoms. The van der Waals surface area contributed by atoms with Gasteiger partial charge in [0.1, 0.15) is 0 Å². The minimum absolute atomic E-state index is 0.00262. The van der Waals surface area contributed by atoms with Crippen LogP contribution in [0.5, 0.6) is 0 Å². The summed E-state index contributed by atoms with van der Waals surface area (Å²) < 4.78 is 11.7. The Bertz CT molecular complexity index is 669. The zero-order chi connectivity index (χ0) is 15.4. The number of para-hydroxylation sites is 1. The fraction of sp³-hybridized carbons (Fsp3) is 0.278. The number of aliphatic hydroxyl groups excluding tert-OH is 1. The molecule has 0 aliphatic carbocycles. The lowest BCUT2D eigenvalue weighted by Crippen LogP contribution is -2.37. The summed E-state index contributed by atoms with van der Waals surface area (Å²) in [6.45, 7) is 2.63. The van der Waals surface area contributed by atoms with E-state index in [4.69, 9.17) is 14.6 Å². The summed E-state index contributed by atoms with van der Waals surface area (Å²) in [6.07, 6.45) is 0. The standard InChI is InChI=1S/C18H19NO3/c1-18(13-21-12-11-20)15-9-5-6-10-16(15)19-17(22-18)14-7-3-2-4-8-14/h2-10,20H,11-13H2,1H3. The molecule has 2 aromatic carbocycles. The number of aliphatic imine (C=N–C) groups is 1. The SMILES string of the molecule is CC1(COCCO)OC(c2ccccc2)=Nc2ccccc21. The van der Waals surface area contributed by atoms with E-state index in [1.54, 1.807) is 0 Å². The topological polar surface area (TPSA) is 51.0 Å². The molecule has 114 valence electrons. The largest absolute Gasteiger partial charge is 0.463 e. The molecule has 0 bridgehead atoms. The first kappa shape index (κ1) is 14.8. The molecule has 3 rings (SSSR count). The van der Waals surface area contributed by atoms with E-state index in [0.717, 1.165) is 16.8 Å². The maximum Gasteiger partial charge on any atom is 0.222 e. The minimum atomic E-state index is -0.626. The molecule has 0 aromatic heterocycles. The van der Waals surface area contributed by atoms with Crippen LogP contribution >= 0.6 is 0 Å². The number of fused-ring (bicyclic) bond motifs is 1. The summed E-state index contributed by atoms with van der Waals surface area (Å²) in [5, 5.41) is 8.92. The number of ether oxygens (including phenoxy) is 2. The highest BCUT2D eigenvalue weighted by Gasteiger charge is 2.36. The van der Waals surface area contributed by atoms with Crippen molar-refractivity contribution in [3.8, 4) is 0 Å². The van der Waals surface area contributed by atoms with Crippen LogP contribution in [0.3, 0.4) is 0 Å². The predicted molar refractivity (Wildman–Crippen MR) is 85.4 cm³/mol. The van der Waals surface area contributed by atoms with Crippen LogP contribution in [0, 0.1) is 0 Å². The molecule has 1 aliphatic rings. The lowest BCUT2D eigenvalue weighted by Gasteiger charge is -2.35. The van der Waals surface area contributed by atoms with E-state index in [-0.39, 0.29) is 6.61 Å². The third-order valence-electron chi connectivity index (χ3n) is 3.65. The third kappa shape index (κ3) is 2.89. The number of hydrogen-bond donors (Lipinski definition) is 1. The molecule has 0 spiro atoms. The quantitative estimate of drug-likeness (QED) is 0.863. The Morgan fingerprint density at radius 3 is 2.59 bits per heavy atom. The molecule has 0 saturated heterocycles. The van der Waals surface area contributed by atoms with Crippen molar-refractivity contribution in [3.63, 3.8) is 0 Å². The zero-order valence-corrected chi connectivity index (χ0v) is 12.5. The van der Waals surface area contributed by atoms with E-state index in [1.807, 2.05) is 61.5 Å². The maximum absolute atomic E-state index is 8.92. The fourth-order valence-electron chi connectivity index (χ4n) is 2.56. The molecule has 1 N–H and O–H groups in total. The summed E-state index contributed by atoms with van der Waals surface area (Å²) in [5.74, 6) is 0.592. The molecule has 0 radical (unpaired) electrons. The Kier molecular flexibility index (Phi) is 4.22. The Labute approximate surface area is 130 Å². The van der Waals surface area contributed by atoms with Gasteiger partial charge in [-0.1, -0.05) is 36.4 Å². The van der Waals surface area contributed by atoms with Gasteiger partial charge in [-0.05, 0) is 25.1 Å². The van der Waals surface area contributed by atoms with E-state index in [2.05, 4.69) is 4.99 Å². The van der Waals surface area contributed by atoms with Gasteiger partial charge in [-0.2, -0.15) is 0 Å². The van der Waals surface area contributed by atoms with Gasteiger partial charge in [0, 0.05) is 11.1 Å². The van der Waals surface area contributed by atoms with Crippen molar-refractivity contribution in [2.75, 3.05) is 19.8 Å². The van der Waals surface area contributed by atoms with Crippen molar-refractivity contribution >= 4 is 11.6 Å². The highest BCUT2D eigenvalue weighted by molar-refractivity contribution is 5.97. The third-order valence-corrected chi connectivity index (χ3v) is 3.65. The molecule has 2 aromatic rings. The molecular formula is C18H19NO3. The number of nitrogens with zero attached hydrogens (tertiary/aromatic N) is 1. The van der Waals surface area contributed by atoms with Gasteiger partial charge in [0.25, 0.3) is 0 Å². The van der Waals surface area contributed by atoms with E-state index in [9.17, 15) is 0 Å². The van der Waals surface area contributed by atoms with Crippen LogP contribution in [-0.2, 0) is 15.1 Å². The van der Waals surface area contributed by atoms with E-state index in [0.29, 0.717) is 19.1 Å². The first-order valence-corrected chi connectivity index (χ1v) is 7.34. The predicted octanol–water partition coefficient (Wildman–Crippen LogP) is 3.02. The zero-order valence-electron chi connectivity index (χ0n) is 12.5. The van der Waals surface area contributed by atoms with Gasteiger partial charge < -0.3 is 14.6 Å². The van der Waals surface area contributed by atoms with Gasteiger partial charge in [-0.15, -0.1) is 0 Å². The van der Waals surface area contributed by atoms with Crippen molar-refractivity contribution in [1.29, 1.82) is 0 Å². The Morgan fingerprint density at radius 2 is 1.82 bits per heavy atom. The van der Waals surface area contributed by atoms with Crippen LogP contribution < -0.4 is 0 Å². The molecule has 4 nitrogen and oxygen atoms in total. The van der Waals surface area contributed by atoms with E-state index in [1.165, 1.54) is 0 Å². The monoisotopic (exact) mass is 297 g/mol. The normalized spacial score (nSPS) is 20.0. The van der Waals surface area contributed by atoms with Crippen molar-refractivity contribution in [2.45, 2.75) is 12.5 Å². The molecule has 1 aliphatic heterocycles. The molecule has 22 heavy (non-hydrogen) atoms. The summed E-state index contributed by atoms with van der Waals surface area (Å²) in [6, 6.07) is 17.7. The van der Waals surface area contributed by atoms with Crippen LogP contribution in [0.4, 0.5) is 5.69 Å². The maximum atomic E-state index is 8.92. The summed E-state index contributed by atoms with van der Waals surface area (Å²) in [7, 11) is 0. The average molecular weight is 297 g/mol. The lowest BCUT2D eigenvalue weighted by molar-refractivity contribution is -0.0364. The highest BCUT2D eigenvalue weighted by Crippen LogP contribution is 2.38. The fourth-order valence-corrected chi connectivity index (χ4v) is 2.56.